The molecule has 1 unspecified atom stereocenters. The smallest absolute Gasteiger partial charge is 0.0284 e. The van der Waals surface area contributed by atoms with Crippen molar-refractivity contribution in [2.24, 2.45) is 0 Å². The Morgan fingerprint density at radius 3 is 1.64 bits per heavy atom. The fourth-order valence-corrected chi connectivity index (χ4v) is 2.90. The molecule has 0 aromatic carbocycles. The minimum Gasteiger partial charge on any atom is -0.372 e. The molecule has 0 amide bonds. The second-order valence-corrected chi connectivity index (χ2v) is 7.28. The van der Waals surface area contributed by atoms with Gasteiger partial charge >= 0.3 is 0 Å². The summed E-state index contributed by atoms with van der Waals surface area (Å²) in [6, 6.07) is 0.696. The van der Waals surface area contributed by atoms with E-state index in [1.165, 1.54) is 83.0 Å². The van der Waals surface area contributed by atoms with E-state index < -0.39 is 0 Å². The van der Waals surface area contributed by atoms with Crippen molar-refractivity contribution in [3.8, 4) is 0 Å². The molecule has 0 aromatic rings. The van der Waals surface area contributed by atoms with Crippen molar-refractivity contribution >= 4 is 0 Å². The topological polar surface area (TPSA) is 6.48 Å². The lowest BCUT2D eigenvalue weighted by molar-refractivity contribution is 0.211. The molecular formula is C26H60N2. The van der Waals surface area contributed by atoms with Gasteiger partial charge < -0.3 is 9.80 Å². The Bertz CT molecular complexity index is 261. The van der Waals surface area contributed by atoms with Gasteiger partial charge in [-0.1, -0.05) is 101 Å². The molecule has 0 saturated carbocycles. The van der Waals surface area contributed by atoms with Crippen molar-refractivity contribution < 1.29 is 0 Å². The van der Waals surface area contributed by atoms with Crippen LogP contribution in [0.25, 0.3) is 0 Å². The van der Waals surface area contributed by atoms with Gasteiger partial charge in [0.15, 0.2) is 0 Å². The highest BCUT2D eigenvalue weighted by Gasteiger charge is 2.17. The van der Waals surface area contributed by atoms with E-state index in [1.54, 1.807) is 0 Å². The van der Waals surface area contributed by atoms with E-state index in [1.807, 2.05) is 27.7 Å². The zero-order chi connectivity index (χ0) is 22.8. The third-order valence-electron chi connectivity index (χ3n) is 4.28. The second kappa shape index (κ2) is 31.2. The van der Waals surface area contributed by atoms with Crippen LogP contribution < -0.4 is 0 Å². The number of unbranched alkanes of at least 4 members (excludes halogenated alkanes) is 3. The van der Waals surface area contributed by atoms with E-state index in [0.29, 0.717) is 6.04 Å². The van der Waals surface area contributed by atoms with Crippen LogP contribution in [0.1, 0.15) is 127 Å². The van der Waals surface area contributed by atoms with Gasteiger partial charge in [-0.25, -0.2) is 0 Å². The monoisotopic (exact) mass is 400 g/mol. The van der Waals surface area contributed by atoms with Gasteiger partial charge in [0.25, 0.3) is 0 Å². The summed E-state index contributed by atoms with van der Waals surface area (Å²) in [4.78, 5) is 4.92. The zero-order valence-corrected chi connectivity index (χ0v) is 22.2. The van der Waals surface area contributed by atoms with Crippen molar-refractivity contribution in [2.45, 2.75) is 133 Å². The van der Waals surface area contributed by atoms with E-state index >= 15 is 0 Å². The lowest BCUT2D eigenvalue weighted by atomic mass is 10.0. The summed E-state index contributed by atoms with van der Waals surface area (Å²) < 4.78 is 0. The zero-order valence-electron chi connectivity index (χ0n) is 22.2. The fourth-order valence-electron chi connectivity index (χ4n) is 2.90. The third-order valence-corrected chi connectivity index (χ3v) is 4.28. The largest absolute Gasteiger partial charge is 0.372 e. The summed E-state index contributed by atoms with van der Waals surface area (Å²) in [7, 11) is 4.32. The van der Waals surface area contributed by atoms with Crippen LogP contribution in [0, 0.1) is 0 Å². The molecule has 0 rings (SSSR count). The summed E-state index contributed by atoms with van der Waals surface area (Å²) >= 11 is 0. The molecule has 0 aliphatic rings. The number of rotatable bonds is 14. The van der Waals surface area contributed by atoms with Crippen LogP contribution in [0.4, 0.5) is 0 Å². The summed E-state index contributed by atoms with van der Waals surface area (Å²) in [5, 5.41) is 0. The molecule has 0 aliphatic carbocycles. The van der Waals surface area contributed by atoms with Gasteiger partial charge in [-0.2, -0.15) is 0 Å². The Hall–Kier alpha value is -0.500. The third kappa shape index (κ3) is 25.5. The highest BCUT2D eigenvalue weighted by atomic mass is 15.2. The lowest BCUT2D eigenvalue weighted by Gasteiger charge is -2.35. The first-order valence-electron chi connectivity index (χ1n) is 12.6. The molecule has 28 heavy (non-hydrogen) atoms. The minimum atomic E-state index is 0.696. The number of hydrogen-bond acceptors (Lipinski definition) is 2. The first-order chi connectivity index (χ1) is 13.5. The van der Waals surface area contributed by atoms with Gasteiger partial charge in [0.2, 0.25) is 0 Å². The molecule has 0 heterocycles. The Labute approximate surface area is 182 Å². The van der Waals surface area contributed by atoms with Crippen LogP contribution in [0.3, 0.4) is 0 Å². The van der Waals surface area contributed by atoms with Gasteiger partial charge in [0.1, 0.15) is 0 Å². The molecule has 0 saturated heterocycles. The van der Waals surface area contributed by atoms with Gasteiger partial charge in [0.05, 0.1) is 0 Å². The molecule has 0 aromatic heterocycles. The van der Waals surface area contributed by atoms with E-state index in [4.69, 9.17) is 0 Å². The number of nitrogens with zero attached hydrogens (tertiary/aromatic N) is 2. The van der Waals surface area contributed by atoms with Crippen molar-refractivity contribution in [1.29, 1.82) is 0 Å². The van der Waals surface area contributed by atoms with E-state index in [0.717, 1.165) is 0 Å². The molecule has 2 nitrogen and oxygen atoms in total. The predicted octanol–water partition coefficient (Wildman–Crippen LogP) is 8.77. The Morgan fingerprint density at radius 1 is 0.750 bits per heavy atom. The van der Waals surface area contributed by atoms with E-state index in [9.17, 15) is 0 Å². The van der Waals surface area contributed by atoms with Crippen LogP contribution in [0.15, 0.2) is 12.3 Å². The maximum atomic E-state index is 4.41. The Kier molecular flexibility index (Phi) is 39.0. The van der Waals surface area contributed by atoms with Crippen LogP contribution in [-0.4, -0.2) is 43.0 Å². The summed E-state index contributed by atoms with van der Waals surface area (Å²) in [6.07, 6.45) is 12.8. The first kappa shape index (κ1) is 35.0. The van der Waals surface area contributed by atoms with Gasteiger partial charge in [-0.15, -0.1) is 0 Å². The summed E-state index contributed by atoms with van der Waals surface area (Å²) in [5.74, 6) is 0. The SMILES string of the molecule is C=C(CCCCC)N(CCCN(C)C)C(CC)CCCC.CC.CC.CCC. The Balaban J connectivity index is -0.000000362. The molecule has 0 fully saturated rings. The van der Waals surface area contributed by atoms with E-state index in [-0.39, 0.29) is 0 Å². The molecule has 0 N–H and O–H groups in total. The molecule has 2 heteroatoms. The Morgan fingerprint density at radius 2 is 1.25 bits per heavy atom. The maximum Gasteiger partial charge on any atom is 0.0284 e. The molecule has 174 valence electrons. The average molecular weight is 401 g/mol. The minimum absolute atomic E-state index is 0.696. The fraction of sp³-hybridized carbons (Fsp3) is 0.923. The lowest BCUT2D eigenvalue weighted by Crippen LogP contribution is -2.36. The molecule has 0 radical (unpaired) electrons. The van der Waals surface area contributed by atoms with Crippen molar-refractivity contribution in [3.05, 3.63) is 12.3 Å². The quantitative estimate of drug-likeness (QED) is 0.269. The van der Waals surface area contributed by atoms with E-state index in [2.05, 4.69) is 65.1 Å². The second-order valence-electron chi connectivity index (χ2n) is 7.28. The van der Waals surface area contributed by atoms with Crippen molar-refractivity contribution in [2.75, 3.05) is 27.2 Å². The normalized spacial score (nSPS) is 10.6. The summed E-state index contributed by atoms with van der Waals surface area (Å²) in [5.41, 5.74) is 1.38. The van der Waals surface area contributed by atoms with Crippen molar-refractivity contribution in [3.63, 3.8) is 0 Å². The van der Waals surface area contributed by atoms with Crippen LogP contribution in [0.5, 0.6) is 0 Å². The maximum absolute atomic E-state index is 4.41. The summed E-state index contributed by atoms with van der Waals surface area (Å²) in [6.45, 7) is 25.9. The molecular weight excluding hydrogens is 340 g/mol. The molecule has 0 bridgehead atoms. The van der Waals surface area contributed by atoms with Crippen LogP contribution in [0.2, 0.25) is 0 Å². The standard InChI is InChI=1S/C19H40N2.C3H8.2C2H6/c1-7-10-12-14-18(4)21(17-13-16-20(5)6)19(9-3)15-11-8-2;1-3-2;2*1-2/h19H,4,7-17H2,1-3,5-6H3;3H2,1-2H3;2*1-2H3. The number of hydrogen-bond donors (Lipinski definition) is 0. The first-order valence-corrected chi connectivity index (χ1v) is 12.6. The van der Waals surface area contributed by atoms with Crippen molar-refractivity contribution in [1.82, 2.24) is 9.80 Å². The van der Waals surface area contributed by atoms with Gasteiger partial charge in [-0.05, 0) is 52.7 Å². The van der Waals surface area contributed by atoms with Crippen LogP contribution >= 0.6 is 0 Å². The van der Waals surface area contributed by atoms with Gasteiger partial charge in [-0.3, -0.25) is 0 Å². The molecule has 1 atom stereocenters. The highest BCUT2D eigenvalue weighted by molar-refractivity contribution is 4.97. The highest BCUT2D eigenvalue weighted by Crippen LogP contribution is 2.21. The average Bonchev–Trinajstić information content (AvgIpc) is 2.70. The number of allylic oxidation sites excluding steroid dienone is 1. The molecule has 0 spiro atoms. The van der Waals surface area contributed by atoms with Crippen LogP contribution in [-0.2, 0) is 0 Å². The van der Waals surface area contributed by atoms with Gasteiger partial charge in [0, 0.05) is 18.3 Å². The predicted molar refractivity (Wildman–Crippen MR) is 135 cm³/mol. The molecule has 0 aliphatic heterocycles.